The lowest BCUT2D eigenvalue weighted by molar-refractivity contribution is -0.141. The number of carbonyl (C=O) groups is 3. The Labute approximate surface area is 137 Å². The number of nitrogens with one attached hydrogen (secondary N) is 1. The molecule has 0 aliphatic carbocycles. The van der Waals surface area contributed by atoms with Crippen molar-refractivity contribution in [1.29, 1.82) is 0 Å². The van der Waals surface area contributed by atoms with Crippen LogP contribution >= 0.6 is 11.3 Å². The Bertz CT molecular complexity index is 741. The topological polar surface area (TPSA) is 86.7 Å². The maximum atomic E-state index is 12.8. The molecule has 1 aromatic heterocycles. The average Bonchev–Trinajstić information content (AvgIpc) is 2.94. The maximum absolute atomic E-state index is 12.8. The molecular weight excluding hydrogens is 316 g/mol. The molecule has 1 unspecified atom stereocenters. The summed E-state index contributed by atoms with van der Waals surface area (Å²) >= 11 is 1.44. The molecule has 0 fully saturated rings. The fourth-order valence-corrected chi connectivity index (χ4v) is 3.19. The summed E-state index contributed by atoms with van der Waals surface area (Å²) in [7, 11) is 0. The van der Waals surface area contributed by atoms with Gasteiger partial charge >= 0.3 is 5.97 Å². The molecule has 0 bridgehead atoms. The SMILES string of the molecule is CC(=O)NCCN(C(=O)c1csc2ccccc12)C(C)C(=O)O. The second-order valence-electron chi connectivity index (χ2n) is 5.14. The first-order valence-electron chi connectivity index (χ1n) is 7.16. The van der Waals surface area contributed by atoms with Crippen molar-refractivity contribution >= 4 is 39.2 Å². The number of benzene rings is 1. The van der Waals surface area contributed by atoms with E-state index in [9.17, 15) is 19.5 Å². The van der Waals surface area contributed by atoms with Crippen LogP contribution in [0, 0.1) is 0 Å². The molecule has 2 rings (SSSR count). The molecule has 1 atom stereocenters. The molecule has 2 amide bonds. The normalized spacial score (nSPS) is 11.9. The van der Waals surface area contributed by atoms with Gasteiger partial charge in [-0.25, -0.2) is 4.79 Å². The largest absolute Gasteiger partial charge is 0.480 e. The van der Waals surface area contributed by atoms with E-state index >= 15 is 0 Å². The Hall–Kier alpha value is -2.41. The number of hydrogen-bond acceptors (Lipinski definition) is 4. The minimum atomic E-state index is -1.08. The van der Waals surface area contributed by atoms with E-state index in [1.165, 1.54) is 30.1 Å². The minimum Gasteiger partial charge on any atom is -0.480 e. The van der Waals surface area contributed by atoms with E-state index < -0.39 is 12.0 Å². The number of thiophene rings is 1. The van der Waals surface area contributed by atoms with Gasteiger partial charge in [-0.3, -0.25) is 9.59 Å². The molecule has 0 aliphatic heterocycles. The highest BCUT2D eigenvalue weighted by molar-refractivity contribution is 7.17. The molecule has 0 aliphatic rings. The Morgan fingerprint density at radius 1 is 1.30 bits per heavy atom. The smallest absolute Gasteiger partial charge is 0.326 e. The minimum absolute atomic E-state index is 0.135. The summed E-state index contributed by atoms with van der Waals surface area (Å²) in [5.74, 6) is -1.65. The third-order valence-corrected chi connectivity index (χ3v) is 4.49. The van der Waals surface area contributed by atoms with Crippen LogP contribution < -0.4 is 5.32 Å². The summed E-state index contributed by atoms with van der Waals surface area (Å²) in [5, 5.41) is 14.4. The van der Waals surface area contributed by atoms with Crippen LogP contribution in [0.4, 0.5) is 0 Å². The number of fused-ring (bicyclic) bond motifs is 1. The number of aliphatic carboxylic acids is 1. The Morgan fingerprint density at radius 2 is 2.00 bits per heavy atom. The van der Waals surface area contributed by atoms with Gasteiger partial charge in [-0.2, -0.15) is 0 Å². The third-order valence-electron chi connectivity index (χ3n) is 3.52. The molecule has 2 N–H and O–H groups in total. The Balaban J connectivity index is 2.28. The standard InChI is InChI=1S/C16H18N2O4S/c1-10(16(21)22)18(8-7-17-11(2)19)15(20)13-9-23-14-6-4-3-5-12(13)14/h3-6,9-10H,7-8H2,1-2H3,(H,17,19)(H,21,22). The second kappa shape index (κ2) is 7.23. The fourth-order valence-electron chi connectivity index (χ4n) is 2.25. The molecule has 1 aromatic carbocycles. The first-order chi connectivity index (χ1) is 10.9. The zero-order chi connectivity index (χ0) is 17.0. The molecule has 0 saturated carbocycles. The molecule has 0 radical (unpaired) electrons. The van der Waals surface area contributed by atoms with Crippen LogP contribution in [-0.4, -0.2) is 46.9 Å². The van der Waals surface area contributed by atoms with Gasteiger partial charge in [0.15, 0.2) is 0 Å². The van der Waals surface area contributed by atoms with Crippen molar-refractivity contribution in [1.82, 2.24) is 10.2 Å². The highest BCUT2D eigenvalue weighted by atomic mass is 32.1. The van der Waals surface area contributed by atoms with Gasteiger partial charge in [0.2, 0.25) is 5.91 Å². The molecule has 0 spiro atoms. The lowest BCUT2D eigenvalue weighted by Crippen LogP contribution is -2.46. The summed E-state index contributed by atoms with van der Waals surface area (Å²) in [6.07, 6.45) is 0. The number of nitrogens with zero attached hydrogens (tertiary/aromatic N) is 1. The number of amides is 2. The van der Waals surface area contributed by atoms with E-state index in [1.807, 2.05) is 24.3 Å². The van der Waals surface area contributed by atoms with E-state index in [1.54, 1.807) is 5.38 Å². The van der Waals surface area contributed by atoms with Crippen molar-refractivity contribution in [3.63, 3.8) is 0 Å². The highest BCUT2D eigenvalue weighted by Crippen LogP contribution is 2.27. The van der Waals surface area contributed by atoms with E-state index in [0.717, 1.165) is 10.1 Å². The Morgan fingerprint density at radius 3 is 2.65 bits per heavy atom. The first-order valence-corrected chi connectivity index (χ1v) is 8.04. The van der Waals surface area contributed by atoms with Crippen molar-refractivity contribution in [2.75, 3.05) is 13.1 Å². The van der Waals surface area contributed by atoms with Crippen LogP contribution in [0.25, 0.3) is 10.1 Å². The molecular formula is C16H18N2O4S. The Kier molecular flexibility index (Phi) is 5.33. The second-order valence-corrected chi connectivity index (χ2v) is 6.05. The van der Waals surface area contributed by atoms with E-state index in [0.29, 0.717) is 5.56 Å². The van der Waals surface area contributed by atoms with Gasteiger partial charge in [0.1, 0.15) is 6.04 Å². The van der Waals surface area contributed by atoms with Gasteiger partial charge in [0.05, 0.1) is 5.56 Å². The van der Waals surface area contributed by atoms with Gasteiger partial charge in [0, 0.05) is 35.5 Å². The van der Waals surface area contributed by atoms with Gasteiger partial charge in [0.25, 0.3) is 5.91 Å². The summed E-state index contributed by atoms with van der Waals surface area (Å²) < 4.78 is 0.973. The lowest BCUT2D eigenvalue weighted by Gasteiger charge is -2.26. The molecule has 2 aromatic rings. The molecule has 7 heteroatoms. The number of carbonyl (C=O) groups excluding carboxylic acids is 2. The van der Waals surface area contributed by atoms with Crippen LogP contribution in [0.5, 0.6) is 0 Å². The fraction of sp³-hybridized carbons (Fsp3) is 0.312. The van der Waals surface area contributed by atoms with Gasteiger partial charge in [-0.05, 0) is 13.0 Å². The maximum Gasteiger partial charge on any atom is 0.326 e. The summed E-state index contributed by atoms with van der Waals surface area (Å²) in [5.41, 5.74) is 0.488. The number of carboxylic acid groups (broad SMARTS) is 1. The molecule has 6 nitrogen and oxygen atoms in total. The molecule has 122 valence electrons. The zero-order valence-electron chi connectivity index (χ0n) is 12.9. The zero-order valence-corrected chi connectivity index (χ0v) is 13.7. The van der Waals surface area contributed by atoms with Crippen molar-refractivity contribution in [2.24, 2.45) is 0 Å². The molecule has 23 heavy (non-hydrogen) atoms. The van der Waals surface area contributed by atoms with Gasteiger partial charge in [-0.1, -0.05) is 18.2 Å². The number of carboxylic acids is 1. The summed E-state index contributed by atoms with van der Waals surface area (Å²) in [6, 6.07) is 6.51. The van der Waals surface area contributed by atoms with Crippen LogP contribution in [0.15, 0.2) is 29.6 Å². The lowest BCUT2D eigenvalue weighted by atomic mass is 10.1. The van der Waals surface area contributed by atoms with Gasteiger partial charge < -0.3 is 15.3 Å². The quantitative estimate of drug-likeness (QED) is 0.845. The summed E-state index contributed by atoms with van der Waals surface area (Å²) in [6.45, 7) is 3.18. The van der Waals surface area contributed by atoms with E-state index in [4.69, 9.17) is 0 Å². The summed E-state index contributed by atoms with van der Waals surface area (Å²) in [4.78, 5) is 36.3. The van der Waals surface area contributed by atoms with E-state index in [-0.39, 0.29) is 24.9 Å². The van der Waals surface area contributed by atoms with E-state index in [2.05, 4.69) is 5.32 Å². The van der Waals surface area contributed by atoms with Gasteiger partial charge in [-0.15, -0.1) is 11.3 Å². The molecule has 0 saturated heterocycles. The van der Waals surface area contributed by atoms with Crippen LogP contribution in [0.2, 0.25) is 0 Å². The number of hydrogen-bond donors (Lipinski definition) is 2. The first kappa shape index (κ1) is 17.0. The highest BCUT2D eigenvalue weighted by Gasteiger charge is 2.27. The predicted molar refractivity (Wildman–Crippen MR) is 88.6 cm³/mol. The average molecular weight is 334 g/mol. The van der Waals surface area contributed by atoms with Crippen LogP contribution in [0.3, 0.4) is 0 Å². The predicted octanol–water partition coefficient (Wildman–Crippen LogP) is 1.95. The van der Waals surface area contributed by atoms with Crippen molar-refractivity contribution < 1.29 is 19.5 Å². The third kappa shape index (κ3) is 3.87. The van der Waals surface area contributed by atoms with Crippen molar-refractivity contribution in [3.8, 4) is 0 Å². The monoisotopic (exact) mass is 334 g/mol. The number of rotatable bonds is 6. The van der Waals surface area contributed by atoms with Crippen molar-refractivity contribution in [2.45, 2.75) is 19.9 Å². The van der Waals surface area contributed by atoms with Crippen LogP contribution in [-0.2, 0) is 9.59 Å². The van der Waals surface area contributed by atoms with Crippen molar-refractivity contribution in [3.05, 3.63) is 35.2 Å². The molecule has 1 heterocycles. The van der Waals surface area contributed by atoms with Crippen LogP contribution in [0.1, 0.15) is 24.2 Å².